The van der Waals surface area contributed by atoms with Crippen LogP contribution < -0.4 is 4.43 Å². The zero-order valence-corrected chi connectivity index (χ0v) is 15.2. The molecule has 1 rings (SSSR count). The van der Waals surface area contributed by atoms with Crippen LogP contribution in [0.3, 0.4) is 0 Å². The molecule has 0 saturated carbocycles. The molecule has 0 bridgehead atoms. The fourth-order valence-electron chi connectivity index (χ4n) is 1.94. The van der Waals surface area contributed by atoms with Gasteiger partial charge in [-0.05, 0) is 30.1 Å². The van der Waals surface area contributed by atoms with Crippen LogP contribution in [0.15, 0.2) is 30.5 Å². The monoisotopic (exact) mass is 304 g/mol. The zero-order valence-electron chi connectivity index (χ0n) is 14.2. The fourth-order valence-corrected chi connectivity index (χ4v) is 2.57. The highest BCUT2D eigenvalue weighted by Gasteiger charge is 2.23. The summed E-state index contributed by atoms with van der Waals surface area (Å²) in [6, 6.07) is 5.83. The van der Waals surface area contributed by atoms with Crippen LogP contribution in [0.5, 0.6) is 5.75 Å². The molecule has 115 valence electrons. The molecule has 0 fully saturated rings. The first-order chi connectivity index (χ1) is 9.62. The summed E-state index contributed by atoms with van der Waals surface area (Å²) >= 11 is 0. The number of carbonyl (C=O) groups excluding carboxylic acids is 1. The molecule has 0 aliphatic carbocycles. The van der Waals surface area contributed by atoms with E-state index in [1.54, 1.807) is 12.3 Å². The van der Waals surface area contributed by atoms with Crippen LogP contribution >= 0.6 is 0 Å². The minimum atomic E-state index is -0.941. The minimum Gasteiger partial charge on any atom is -0.542 e. The lowest BCUT2D eigenvalue weighted by molar-refractivity contribution is 0.104. The fraction of sp³-hybridized carbons (Fsp3) is 0.471. The van der Waals surface area contributed by atoms with E-state index in [-0.39, 0.29) is 11.2 Å². The third kappa shape index (κ3) is 5.05. The first-order valence-corrected chi connectivity index (χ1v) is 9.54. The van der Waals surface area contributed by atoms with E-state index in [2.05, 4.69) is 33.9 Å². The minimum absolute atomic E-state index is 0.0203. The van der Waals surface area contributed by atoms with E-state index < -0.39 is 9.04 Å². The molecule has 4 heteroatoms. The van der Waals surface area contributed by atoms with E-state index in [1.807, 2.05) is 37.2 Å². The second kappa shape index (κ2) is 6.94. The van der Waals surface area contributed by atoms with Gasteiger partial charge in [-0.25, -0.2) is 0 Å². The molecule has 0 aliphatic rings. The van der Waals surface area contributed by atoms with Gasteiger partial charge in [-0.1, -0.05) is 32.9 Å². The molecule has 3 nitrogen and oxygen atoms in total. The quantitative estimate of drug-likeness (QED) is 0.470. The van der Waals surface area contributed by atoms with Crippen molar-refractivity contribution in [3.05, 3.63) is 41.6 Å². The molecule has 1 radical (unpaired) electrons. The van der Waals surface area contributed by atoms with Crippen molar-refractivity contribution in [1.29, 1.82) is 0 Å². The molecule has 1 aromatic rings. The maximum absolute atomic E-state index is 12.4. The number of allylic oxidation sites excluding steroid dienone is 1. The number of rotatable bonds is 5. The molecule has 0 heterocycles. The Bertz CT molecular complexity index is 528. The van der Waals surface area contributed by atoms with Crippen molar-refractivity contribution >= 4 is 14.8 Å². The molecule has 0 N–H and O–H groups in total. The number of hydrogen-bond acceptors (Lipinski definition) is 3. The van der Waals surface area contributed by atoms with E-state index in [9.17, 15) is 4.79 Å². The van der Waals surface area contributed by atoms with Crippen molar-refractivity contribution in [2.45, 2.75) is 39.3 Å². The first-order valence-electron chi connectivity index (χ1n) is 7.13. The van der Waals surface area contributed by atoms with Crippen LogP contribution in [0.4, 0.5) is 0 Å². The highest BCUT2D eigenvalue weighted by atomic mass is 28.3. The predicted octanol–water partition coefficient (Wildman–Crippen LogP) is 3.87. The summed E-state index contributed by atoms with van der Waals surface area (Å²) < 4.78 is 6.06. The second-order valence-electron chi connectivity index (χ2n) is 6.59. The van der Waals surface area contributed by atoms with Crippen LogP contribution in [-0.2, 0) is 5.41 Å². The Labute approximate surface area is 130 Å². The lowest BCUT2D eigenvalue weighted by Crippen LogP contribution is -2.20. The zero-order chi connectivity index (χ0) is 16.2. The Morgan fingerprint density at radius 1 is 1.24 bits per heavy atom. The molecule has 0 unspecified atom stereocenters. The third-order valence-corrected chi connectivity index (χ3v) is 3.53. The number of para-hydroxylation sites is 1. The largest absolute Gasteiger partial charge is 0.542 e. The van der Waals surface area contributed by atoms with Gasteiger partial charge in [0.2, 0.25) is 0 Å². The van der Waals surface area contributed by atoms with Gasteiger partial charge < -0.3 is 9.33 Å². The van der Waals surface area contributed by atoms with Gasteiger partial charge in [-0.2, -0.15) is 0 Å². The Hall–Kier alpha value is -1.55. The average Bonchev–Trinajstić information content (AvgIpc) is 2.34. The lowest BCUT2D eigenvalue weighted by Gasteiger charge is -2.25. The molecule has 0 aromatic heterocycles. The number of ketones is 1. The highest BCUT2D eigenvalue weighted by molar-refractivity contribution is 6.49. The van der Waals surface area contributed by atoms with Gasteiger partial charge in [0, 0.05) is 26.4 Å². The third-order valence-electron chi connectivity index (χ3n) is 2.92. The van der Waals surface area contributed by atoms with Crippen molar-refractivity contribution in [1.82, 2.24) is 4.90 Å². The molecular weight excluding hydrogens is 278 g/mol. The summed E-state index contributed by atoms with van der Waals surface area (Å²) in [6.07, 6.45) is 3.35. The number of benzene rings is 1. The number of carbonyl (C=O) groups is 1. The normalized spacial score (nSPS) is 12.0. The Kier molecular flexibility index (Phi) is 5.78. The summed E-state index contributed by atoms with van der Waals surface area (Å²) in [5.41, 5.74) is 1.67. The van der Waals surface area contributed by atoms with Gasteiger partial charge in [0.1, 0.15) is 5.75 Å². The molecule has 1 aromatic carbocycles. The standard InChI is InChI=1S/C17H26NO2Si/c1-17(2,3)14-10-8-9-13(16(14)20-21(6)7)15(19)11-12-18(4)5/h8-12H,1-7H3. The van der Waals surface area contributed by atoms with Gasteiger partial charge in [-0.3, -0.25) is 4.79 Å². The molecular formula is C17H26NO2Si. The van der Waals surface area contributed by atoms with Crippen LogP contribution in [0.25, 0.3) is 0 Å². The number of nitrogens with zero attached hydrogens (tertiary/aromatic N) is 1. The topological polar surface area (TPSA) is 29.5 Å². The summed E-state index contributed by atoms with van der Waals surface area (Å²) in [5, 5.41) is 0. The van der Waals surface area contributed by atoms with Gasteiger partial charge in [0.15, 0.2) is 5.78 Å². The second-order valence-corrected chi connectivity index (χ2v) is 8.61. The highest BCUT2D eigenvalue weighted by Crippen LogP contribution is 2.34. The first kappa shape index (κ1) is 17.5. The van der Waals surface area contributed by atoms with Gasteiger partial charge >= 0.3 is 0 Å². The van der Waals surface area contributed by atoms with E-state index in [0.717, 1.165) is 11.3 Å². The molecule has 0 saturated heterocycles. The van der Waals surface area contributed by atoms with Crippen molar-refractivity contribution < 1.29 is 9.22 Å². The van der Waals surface area contributed by atoms with E-state index in [1.165, 1.54) is 0 Å². The van der Waals surface area contributed by atoms with Crippen molar-refractivity contribution in [3.63, 3.8) is 0 Å². The Morgan fingerprint density at radius 3 is 2.33 bits per heavy atom. The summed E-state index contributed by atoms with van der Waals surface area (Å²) in [4.78, 5) is 14.3. The van der Waals surface area contributed by atoms with Gasteiger partial charge in [0.05, 0.1) is 5.56 Å². The summed E-state index contributed by atoms with van der Waals surface area (Å²) in [5.74, 6) is 0.727. The lowest BCUT2D eigenvalue weighted by atomic mass is 9.85. The van der Waals surface area contributed by atoms with Gasteiger partial charge in [-0.15, -0.1) is 0 Å². The Balaban J connectivity index is 3.34. The van der Waals surface area contributed by atoms with Crippen LogP contribution in [-0.4, -0.2) is 33.8 Å². The SMILES string of the molecule is CN(C)C=CC(=O)c1cccc(C(C)(C)C)c1O[Si](C)C. The smallest absolute Gasteiger partial charge is 0.274 e. The van der Waals surface area contributed by atoms with Crippen molar-refractivity contribution in [2.75, 3.05) is 14.1 Å². The summed E-state index contributed by atoms with van der Waals surface area (Å²) in [6.45, 7) is 10.6. The molecule has 0 amide bonds. The average molecular weight is 304 g/mol. The number of hydrogen-bond donors (Lipinski definition) is 0. The van der Waals surface area contributed by atoms with Crippen LogP contribution in [0, 0.1) is 0 Å². The molecule has 0 spiro atoms. The van der Waals surface area contributed by atoms with Crippen molar-refractivity contribution in [2.24, 2.45) is 0 Å². The van der Waals surface area contributed by atoms with Crippen LogP contribution in [0.2, 0.25) is 13.1 Å². The molecule has 0 aliphatic heterocycles. The van der Waals surface area contributed by atoms with Crippen LogP contribution in [0.1, 0.15) is 36.7 Å². The van der Waals surface area contributed by atoms with E-state index >= 15 is 0 Å². The van der Waals surface area contributed by atoms with Crippen molar-refractivity contribution in [3.8, 4) is 5.75 Å². The molecule has 0 atom stereocenters. The maximum atomic E-state index is 12.4. The van der Waals surface area contributed by atoms with Gasteiger partial charge in [0.25, 0.3) is 9.04 Å². The van der Waals surface area contributed by atoms with E-state index in [4.69, 9.17) is 4.43 Å². The molecule has 21 heavy (non-hydrogen) atoms. The summed E-state index contributed by atoms with van der Waals surface area (Å²) in [7, 11) is 2.85. The van der Waals surface area contributed by atoms with E-state index in [0.29, 0.717) is 5.56 Å². The predicted molar refractivity (Wildman–Crippen MR) is 90.4 cm³/mol. The Morgan fingerprint density at radius 2 is 1.86 bits per heavy atom. The maximum Gasteiger partial charge on any atom is 0.274 e.